The highest BCUT2D eigenvalue weighted by Gasteiger charge is 2.14. The Bertz CT molecular complexity index is 867. The predicted octanol–water partition coefficient (Wildman–Crippen LogP) is 4.93. The lowest BCUT2D eigenvalue weighted by molar-refractivity contribution is 0.102. The normalized spacial score (nSPS) is 10.9. The van der Waals surface area contributed by atoms with E-state index in [-0.39, 0.29) is 5.78 Å². The van der Waals surface area contributed by atoms with Crippen molar-refractivity contribution < 1.29 is 9.21 Å². The number of hydrogen-bond donors (Lipinski definition) is 0. The third-order valence-electron chi connectivity index (χ3n) is 3.99. The molecule has 0 fully saturated rings. The van der Waals surface area contributed by atoms with Gasteiger partial charge in [-0.15, -0.1) is 21.5 Å². The van der Waals surface area contributed by atoms with Crippen LogP contribution in [0.15, 0.2) is 46.0 Å². The van der Waals surface area contributed by atoms with Crippen LogP contribution in [-0.4, -0.2) is 34.8 Å². The maximum Gasteiger partial charge on any atom is 0.277 e. The Balaban J connectivity index is 1.63. The van der Waals surface area contributed by atoms with Crippen LogP contribution in [-0.2, 0) is 0 Å². The zero-order chi connectivity index (χ0) is 18.5. The Labute approximate surface area is 161 Å². The number of anilines is 1. The molecule has 2 heterocycles. The third-order valence-corrected chi connectivity index (χ3v) is 5.85. The zero-order valence-corrected chi connectivity index (χ0v) is 16.7. The SMILES string of the molecule is CCN(CC)c1ccc(-c2nnc(SCC(=O)c3ccc(C)s3)o2)cc1. The zero-order valence-electron chi connectivity index (χ0n) is 15.1. The molecule has 2 aromatic heterocycles. The quantitative estimate of drug-likeness (QED) is 0.403. The van der Waals surface area contributed by atoms with Crippen molar-refractivity contribution in [3.05, 3.63) is 46.2 Å². The van der Waals surface area contributed by atoms with Crippen LogP contribution in [0.25, 0.3) is 11.5 Å². The summed E-state index contributed by atoms with van der Waals surface area (Å²) in [6.45, 7) is 8.20. The summed E-state index contributed by atoms with van der Waals surface area (Å²) in [5.41, 5.74) is 2.05. The second-order valence-corrected chi connectivity index (χ2v) is 7.93. The summed E-state index contributed by atoms with van der Waals surface area (Å²) in [6, 6.07) is 11.9. The third kappa shape index (κ3) is 4.34. The highest BCUT2D eigenvalue weighted by molar-refractivity contribution is 7.99. The van der Waals surface area contributed by atoms with Gasteiger partial charge >= 0.3 is 0 Å². The molecule has 3 aromatic rings. The predicted molar refractivity (Wildman–Crippen MR) is 107 cm³/mol. The van der Waals surface area contributed by atoms with Crippen LogP contribution in [0, 0.1) is 6.92 Å². The van der Waals surface area contributed by atoms with Crippen molar-refractivity contribution in [2.75, 3.05) is 23.7 Å². The Kier molecular flexibility index (Phi) is 6.11. The smallest absolute Gasteiger partial charge is 0.277 e. The summed E-state index contributed by atoms with van der Waals surface area (Å²) in [6.07, 6.45) is 0. The van der Waals surface area contributed by atoms with E-state index in [1.54, 1.807) is 0 Å². The molecule has 0 N–H and O–H groups in total. The van der Waals surface area contributed by atoms with Crippen LogP contribution >= 0.6 is 23.1 Å². The maximum atomic E-state index is 12.2. The second kappa shape index (κ2) is 8.51. The molecule has 0 saturated carbocycles. The van der Waals surface area contributed by atoms with Crippen molar-refractivity contribution in [1.82, 2.24) is 10.2 Å². The van der Waals surface area contributed by atoms with E-state index in [0.717, 1.165) is 28.4 Å². The highest BCUT2D eigenvalue weighted by Crippen LogP contribution is 2.26. The van der Waals surface area contributed by atoms with E-state index in [1.165, 1.54) is 28.8 Å². The van der Waals surface area contributed by atoms with Gasteiger partial charge in [0.05, 0.1) is 10.6 Å². The number of aryl methyl sites for hydroxylation is 1. The molecule has 1 aromatic carbocycles. The van der Waals surface area contributed by atoms with E-state index in [4.69, 9.17) is 4.42 Å². The number of Topliss-reactive ketones (excluding diaryl/α,β-unsaturated/α-hetero) is 1. The number of hydrogen-bond acceptors (Lipinski definition) is 7. The highest BCUT2D eigenvalue weighted by atomic mass is 32.2. The number of thioether (sulfide) groups is 1. The lowest BCUT2D eigenvalue weighted by atomic mass is 10.2. The van der Waals surface area contributed by atoms with Crippen molar-refractivity contribution in [1.29, 1.82) is 0 Å². The van der Waals surface area contributed by atoms with Gasteiger partial charge < -0.3 is 9.32 Å². The van der Waals surface area contributed by atoms with Crippen LogP contribution in [0.5, 0.6) is 0 Å². The molecule has 3 rings (SSSR count). The van der Waals surface area contributed by atoms with Crippen LogP contribution in [0.1, 0.15) is 28.4 Å². The number of benzene rings is 1. The number of nitrogens with zero attached hydrogens (tertiary/aromatic N) is 3. The number of aromatic nitrogens is 2. The van der Waals surface area contributed by atoms with Gasteiger partial charge in [-0.2, -0.15) is 0 Å². The van der Waals surface area contributed by atoms with Crippen LogP contribution in [0.3, 0.4) is 0 Å². The van der Waals surface area contributed by atoms with E-state index in [0.29, 0.717) is 16.9 Å². The van der Waals surface area contributed by atoms with Gasteiger partial charge in [-0.1, -0.05) is 11.8 Å². The van der Waals surface area contributed by atoms with E-state index in [1.807, 2.05) is 31.2 Å². The molecule has 0 bridgehead atoms. The molecule has 0 atom stereocenters. The van der Waals surface area contributed by atoms with Gasteiger partial charge in [-0.25, -0.2) is 0 Å². The van der Waals surface area contributed by atoms with Gasteiger partial charge in [0.15, 0.2) is 5.78 Å². The lowest BCUT2D eigenvalue weighted by Crippen LogP contribution is -2.21. The summed E-state index contributed by atoms with van der Waals surface area (Å²) in [4.78, 5) is 16.3. The minimum Gasteiger partial charge on any atom is -0.411 e. The van der Waals surface area contributed by atoms with Crippen molar-refractivity contribution in [3.8, 4) is 11.5 Å². The number of carbonyl (C=O) groups is 1. The van der Waals surface area contributed by atoms with Crippen molar-refractivity contribution in [2.45, 2.75) is 26.0 Å². The molecule has 0 saturated heterocycles. The Morgan fingerprint density at radius 3 is 2.46 bits per heavy atom. The molecule has 26 heavy (non-hydrogen) atoms. The number of rotatable bonds is 8. The fraction of sp³-hybridized carbons (Fsp3) is 0.316. The van der Waals surface area contributed by atoms with Gasteiger partial charge in [0.2, 0.25) is 5.89 Å². The van der Waals surface area contributed by atoms with Gasteiger partial charge in [0, 0.05) is 29.2 Å². The molecule has 0 aliphatic carbocycles. The summed E-state index contributed by atoms with van der Waals surface area (Å²) in [7, 11) is 0. The molecular weight excluding hydrogens is 366 g/mol. The van der Waals surface area contributed by atoms with Gasteiger partial charge in [-0.05, 0) is 57.2 Å². The minimum absolute atomic E-state index is 0.0800. The molecule has 0 spiro atoms. The molecule has 0 amide bonds. The Hall–Kier alpha value is -2.12. The summed E-state index contributed by atoms with van der Waals surface area (Å²) in [5, 5.41) is 8.55. The van der Waals surface area contributed by atoms with Gasteiger partial charge in [0.25, 0.3) is 5.22 Å². The van der Waals surface area contributed by atoms with E-state index in [2.05, 4.69) is 41.1 Å². The van der Waals surface area contributed by atoms with Crippen LogP contribution < -0.4 is 4.90 Å². The van der Waals surface area contributed by atoms with E-state index >= 15 is 0 Å². The fourth-order valence-electron chi connectivity index (χ4n) is 2.57. The monoisotopic (exact) mass is 387 g/mol. The summed E-state index contributed by atoms with van der Waals surface area (Å²) < 4.78 is 5.69. The minimum atomic E-state index is 0.0800. The Morgan fingerprint density at radius 2 is 1.85 bits per heavy atom. The first-order valence-electron chi connectivity index (χ1n) is 8.52. The maximum absolute atomic E-state index is 12.2. The average Bonchev–Trinajstić information content (AvgIpc) is 3.30. The molecule has 0 unspecified atom stereocenters. The average molecular weight is 388 g/mol. The second-order valence-electron chi connectivity index (χ2n) is 5.71. The molecule has 0 aliphatic heterocycles. The topological polar surface area (TPSA) is 59.2 Å². The first kappa shape index (κ1) is 18.7. The first-order valence-corrected chi connectivity index (χ1v) is 10.3. The fourth-order valence-corrected chi connectivity index (χ4v) is 4.11. The van der Waals surface area contributed by atoms with Crippen molar-refractivity contribution in [3.63, 3.8) is 0 Å². The summed E-state index contributed by atoms with van der Waals surface area (Å²) >= 11 is 2.78. The number of ketones is 1. The van der Waals surface area contributed by atoms with E-state index < -0.39 is 0 Å². The van der Waals surface area contributed by atoms with E-state index in [9.17, 15) is 4.79 Å². The lowest BCUT2D eigenvalue weighted by Gasteiger charge is -2.20. The van der Waals surface area contributed by atoms with Crippen molar-refractivity contribution in [2.24, 2.45) is 0 Å². The largest absolute Gasteiger partial charge is 0.411 e. The molecule has 7 heteroatoms. The summed E-state index contributed by atoms with van der Waals surface area (Å²) in [5.74, 6) is 0.845. The number of thiophene rings is 1. The van der Waals surface area contributed by atoms with Gasteiger partial charge in [0.1, 0.15) is 0 Å². The molecule has 0 aliphatic rings. The van der Waals surface area contributed by atoms with Crippen LogP contribution in [0.4, 0.5) is 5.69 Å². The standard InChI is InChI=1S/C19H21N3O2S2/c1-4-22(5-2)15-9-7-14(8-10-15)18-20-21-19(24-18)25-12-16(23)17-11-6-13(3)26-17/h6-11H,4-5,12H2,1-3H3. The molecule has 5 nitrogen and oxygen atoms in total. The van der Waals surface area contributed by atoms with Crippen LogP contribution in [0.2, 0.25) is 0 Å². The Morgan fingerprint density at radius 1 is 1.12 bits per heavy atom. The van der Waals surface area contributed by atoms with Crippen molar-refractivity contribution >= 4 is 34.6 Å². The van der Waals surface area contributed by atoms with Gasteiger partial charge in [-0.3, -0.25) is 4.79 Å². The molecular formula is C19H21N3O2S2. The molecule has 136 valence electrons. The molecule has 0 radical (unpaired) electrons. The number of carbonyl (C=O) groups excluding carboxylic acids is 1. The first-order chi connectivity index (χ1) is 12.6.